The first kappa shape index (κ1) is 17.1. The number of halogens is 1. The summed E-state index contributed by atoms with van der Waals surface area (Å²) in [6, 6.07) is 8.17. The predicted octanol–water partition coefficient (Wildman–Crippen LogP) is 3.91. The first-order chi connectivity index (χ1) is 11.3. The summed E-state index contributed by atoms with van der Waals surface area (Å²) >= 11 is 3.57. The molecular weight excluding hydrogens is 370 g/mol. The molecule has 2 bridgehead atoms. The second-order valence-corrected chi connectivity index (χ2v) is 8.31. The Morgan fingerprint density at radius 2 is 1.92 bits per heavy atom. The highest BCUT2D eigenvalue weighted by atomic mass is 79.9. The van der Waals surface area contributed by atoms with Gasteiger partial charge in [0.2, 0.25) is 0 Å². The highest BCUT2D eigenvalue weighted by molar-refractivity contribution is 9.10. The van der Waals surface area contributed by atoms with Crippen LogP contribution < -0.4 is 4.90 Å². The number of carbonyl (C=O) groups excluding carboxylic acids is 1. The van der Waals surface area contributed by atoms with Crippen molar-refractivity contribution in [1.29, 1.82) is 5.26 Å². The van der Waals surface area contributed by atoms with Gasteiger partial charge in [0.25, 0.3) is 0 Å². The van der Waals surface area contributed by atoms with E-state index < -0.39 is 5.60 Å². The van der Waals surface area contributed by atoms with Crippen molar-refractivity contribution in [2.24, 2.45) is 0 Å². The minimum absolute atomic E-state index is 0.182. The van der Waals surface area contributed by atoms with E-state index in [1.54, 1.807) is 0 Å². The van der Waals surface area contributed by atoms with Crippen molar-refractivity contribution in [2.45, 2.75) is 51.3 Å². The van der Waals surface area contributed by atoms with Crippen molar-refractivity contribution >= 4 is 27.7 Å². The minimum Gasteiger partial charge on any atom is -0.444 e. The lowest BCUT2D eigenvalue weighted by molar-refractivity contribution is 0.0123. The molecule has 2 heterocycles. The van der Waals surface area contributed by atoms with E-state index in [0.717, 1.165) is 36.1 Å². The second-order valence-electron chi connectivity index (χ2n) is 7.46. The molecule has 0 spiro atoms. The summed E-state index contributed by atoms with van der Waals surface area (Å²) in [6.45, 7) is 7.28. The number of piperazine rings is 1. The fraction of sp³-hybridized carbons (Fsp3) is 0.556. The van der Waals surface area contributed by atoms with Crippen molar-refractivity contribution < 1.29 is 9.53 Å². The van der Waals surface area contributed by atoms with E-state index in [-0.39, 0.29) is 18.2 Å². The molecule has 2 saturated heterocycles. The lowest BCUT2D eigenvalue weighted by Crippen LogP contribution is -2.56. The molecule has 0 aliphatic carbocycles. The van der Waals surface area contributed by atoms with Crippen LogP contribution in [0, 0.1) is 11.3 Å². The standard InChI is InChI=1S/C18H22BrN3O2/c1-18(2,3)24-17(23)22-13-5-6-14(22)11-21(10-13)16-7-4-12(9-20)8-15(16)19/h4,7-8,13-14H,5-6,10-11H2,1-3H3. The van der Waals surface area contributed by atoms with E-state index in [1.807, 2.05) is 43.9 Å². The number of carbonyl (C=O) groups is 1. The normalized spacial score (nSPS) is 23.1. The van der Waals surface area contributed by atoms with E-state index >= 15 is 0 Å². The summed E-state index contributed by atoms with van der Waals surface area (Å²) in [5, 5.41) is 9.00. The molecule has 2 aliphatic rings. The molecule has 1 amide bonds. The number of nitriles is 1. The summed E-state index contributed by atoms with van der Waals surface area (Å²) in [7, 11) is 0. The monoisotopic (exact) mass is 391 g/mol. The summed E-state index contributed by atoms with van der Waals surface area (Å²) in [5.74, 6) is 0. The van der Waals surface area contributed by atoms with Crippen LogP contribution in [0.4, 0.5) is 10.5 Å². The average Bonchev–Trinajstić information content (AvgIpc) is 2.76. The molecule has 5 nitrogen and oxygen atoms in total. The molecule has 2 aliphatic heterocycles. The van der Waals surface area contributed by atoms with Crippen LogP contribution in [0.3, 0.4) is 0 Å². The van der Waals surface area contributed by atoms with E-state index in [4.69, 9.17) is 10.00 Å². The van der Waals surface area contributed by atoms with Crippen LogP contribution in [0.5, 0.6) is 0 Å². The average molecular weight is 392 g/mol. The minimum atomic E-state index is -0.468. The quantitative estimate of drug-likeness (QED) is 0.727. The third-order valence-electron chi connectivity index (χ3n) is 4.50. The Balaban J connectivity index is 1.76. The van der Waals surface area contributed by atoms with Gasteiger partial charge in [-0.15, -0.1) is 0 Å². The third-order valence-corrected chi connectivity index (χ3v) is 5.14. The highest BCUT2D eigenvalue weighted by Gasteiger charge is 2.44. The Labute approximate surface area is 151 Å². The van der Waals surface area contributed by atoms with Gasteiger partial charge in [-0.05, 0) is 67.7 Å². The van der Waals surface area contributed by atoms with Crippen molar-refractivity contribution in [3.63, 3.8) is 0 Å². The number of anilines is 1. The zero-order valence-corrected chi connectivity index (χ0v) is 15.8. The summed E-state index contributed by atoms with van der Waals surface area (Å²) in [5.41, 5.74) is 1.25. The molecule has 2 fully saturated rings. The van der Waals surface area contributed by atoms with Gasteiger partial charge in [0.05, 0.1) is 29.4 Å². The molecular formula is C18H22BrN3O2. The number of ether oxygens (including phenoxy) is 1. The molecule has 1 aromatic rings. The molecule has 0 radical (unpaired) electrons. The highest BCUT2D eigenvalue weighted by Crippen LogP contribution is 2.36. The molecule has 128 valence electrons. The van der Waals surface area contributed by atoms with Crippen LogP contribution in [-0.4, -0.2) is 41.8 Å². The number of nitrogens with zero attached hydrogens (tertiary/aromatic N) is 3. The van der Waals surface area contributed by atoms with Crippen molar-refractivity contribution in [3.05, 3.63) is 28.2 Å². The van der Waals surface area contributed by atoms with Gasteiger partial charge < -0.3 is 9.64 Å². The fourth-order valence-corrected chi connectivity index (χ4v) is 4.17. The van der Waals surface area contributed by atoms with Crippen molar-refractivity contribution in [2.75, 3.05) is 18.0 Å². The Morgan fingerprint density at radius 1 is 1.29 bits per heavy atom. The first-order valence-electron chi connectivity index (χ1n) is 8.24. The molecule has 2 atom stereocenters. The topological polar surface area (TPSA) is 56.6 Å². The summed E-state index contributed by atoms with van der Waals surface area (Å²) < 4.78 is 6.50. The molecule has 0 saturated carbocycles. The second kappa shape index (κ2) is 6.29. The lowest BCUT2D eigenvalue weighted by atomic mass is 10.1. The Bertz CT molecular complexity index is 678. The Kier molecular flexibility index (Phi) is 4.48. The zero-order chi connectivity index (χ0) is 17.5. The largest absolute Gasteiger partial charge is 0.444 e. The van der Waals surface area contributed by atoms with Gasteiger partial charge in [-0.3, -0.25) is 4.90 Å². The Hall–Kier alpha value is -1.74. The smallest absolute Gasteiger partial charge is 0.410 e. The molecule has 0 N–H and O–H groups in total. The van der Waals surface area contributed by atoms with Crippen molar-refractivity contribution in [3.8, 4) is 6.07 Å². The number of amides is 1. The number of benzene rings is 1. The predicted molar refractivity (Wildman–Crippen MR) is 96.0 cm³/mol. The third kappa shape index (κ3) is 3.36. The number of hydrogen-bond donors (Lipinski definition) is 0. The zero-order valence-electron chi connectivity index (χ0n) is 14.3. The maximum absolute atomic E-state index is 12.5. The SMILES string of the molecule is CC(C)(C)OC(=O)N1C2CCC1CN(c1ccc(C#N)cc1Br)C2. The van der Waals surface area contributed by atoms with Gasteiger partial charge in [0, 0.05) is 17.6 Å². The lowest BCUT2D eigenvalue weighted by Gasteiger charge is -2.42. The van der Waals surface area contributed by atoms with Crippen LogP contribution in [0.25, 0.3) is 0 Å². The van der Waals surface area contributed by atoms with Crippen LogP contribution >= 0.6 is 15.9 Å². The van der Waals surface area contributed by atoms with E-state index in [2.05, 4.69) is 26.9 Å². The van der Waals surface area contributed by atoms with E-state index in [0.29, 0.717) is 5.56 Å². The van der Waals surface area contributed by atoms with E-state index in [9.17, 15) is 4.79 Å². The van der Waals surface area contributed by atoms with Crippen LogP contribution in [0.15, 0.2) is 22.7 Å². The first-order valence-corrected chi connectivity index (χ1v) is 9.04. The number of rotatable bonds is 1. The van der Waals surface area contributed by atoms with Gasteiger partial charge in [-0.2, -0.15) is 5.26 Å². The maximum atomic E-state index is 12.5. The maximum Gasteiger partial charge on any atom is 0.410 e. The molecule has 1 aromatic carbocycles. The molecule has 3 rings (SSSR count). The summed E-state index contributed by atoms with van der Waals surface area (Å²) in [6.07, 6.45) is 1.82. The molecule has 2 unspecified atom stereocenters. The molecule has 6 heteroatoms. The Morgan fingerprint density at radius 3 is 2.42 bits per heavy atom. The van der Waals surface area contributed by atoms with Crippen LogP contribution in [0.2, 0.25) is 0 Å². The van der Waals surface area contributed by atoms with E-state index in [1.165, 1.54) is 0 Å². The molecule has 24 heavy (non-hydrogen) atoms. The number of hydrogen-bond acceptors (Lipinski definition) is 4. The van der Waals surface area contributed by atoms with Gasteiger partial charge in [-0.25, -0.2) is 4.79 Å². The van der Waals surface area contributed by atoms with Crippen molar-refractivity contribution in [1.82, 2.24) is 4.90 Å². The fourth-order valence-electron chi connectivity index (χ4n) is 3.55. The number of fused-ring (bicyclic) bond motifs is 2. The van der Waals surface area contributed by atoms with Gasteiger partial charge in [0.1, 0.15) is 5.60 Å². The van der Waals surface area contributed by atoms with Crippen LogP contribution in [-0.2, 0) is 4.74 Å². The van der Waals surface area contributed by atoms with Gasteiger partial charge in [0.15, 0.2) is 0 Å². The van der Waals surface area contributed by atoms with Crippen LogP contribution in [0.1, 0.15) is 39.2 Å². The van der Waals surface area contributed by atoms with Gasteiger partial charge >= 0.3 is 6.09 Å². The molecule has 0 aromatic heterocycles. The van der Waals surface area contributed by atoms with Gasteiger partial charge in [-0.1, -0.05) is 0 Å². The summed E-state index contributed by atoms with van der Waals surface area (Å²) in [4.78, 5) is 16.7.